The Balaban J connectivity index is 1.52. The Kier molecular flexibility index (Phi) is 8.10. The monoisotopic (exact) mass is 566 g/mol. The minimum Gasteiger partial charge on any atom is -0.467 e. The maximum absolute atomic E-state index is 13.2. The van der Waals surface area contributed by atoms with Crippen LogP contribution in [-0.4, -0.2) is 53.2 Å². The summed E-state index contributed by atoms with van der Waals surface area (Å²) in [5, 5.41) is 2.95. The fourth-order valence-electron chi connectivity index (χ4n) is 3.83. The number of rotatable bonds is 8. The van der Waals surface area contributed by atoms with Crippen LogP contribution in [0.25, 0.3) is 11.0 Å². The van der Waals surface area contributed by atoms with E-state index in [2.05, 4.69) is 15.3 Å². The summed E-state index contributed by atoms with van der Waals surface area (Å²) >= 11 is 0. The highest BCUT2D eigenvalue weighted by atomic mass is 32.2. The number of methoxy groups -OCH3 is 1. The standard InChI is InChI=1S/C28H30N4O7S/c1-18-6-12-21(13-7-18)40(35,36)32-15-14-22-24(32)29-17-30-25(22)38-20-10-8-19(9-11-20)16-23(26(33)37-5)31-27(34)39-28(2,3)4/h6-15,17,23H,16H2,1-5H3,(H,31,34)/t23-/m0/s1. The Morgan fingerprint density at radius 3 is 2.30 bits per heavy atom. The first-order chi connectivity index (χ1) is 18.9. The molecule has 2 heterocycles. The summed E-state index contributed by atoms with van der Waals surface area (Å²) in [5.74, 6) is -0.0121. The van der Waals surface area contributed by atoms with Crippen molar-refractivity contribution in [3.8, 4) is 11.6 Å². The predicted molar refractivity (Wildman–Crippen MR) is 147 cm³/mol. The van der Waals surface area contributed by atoms with Crippen LogP contribution >= 0.6 is 0 Å². The van der Waals surface area contributed by atoms with Gasteiger partial charge in [-0.1, -0.05) is 29.8 Å². The molecule has 0 aliphatic rings. The van der Waals surface area contributed by atoms with Crippen LogP contribution in [0.5, 0.6) is 11.6 Å². The highest BCUT2D eigenvalue weighted by Crippen LogP contribution is 2.29. The molecular weight excluding hydrogens is 536 g/mol. The Hall–Kier alpha value is -4.45. The molecule has 0 aliphatic carbocycles. The van der Waals surface area contributed by atoms with Gasteiger partial charge in [0, 0.05) is 12.6 Å². The highest BCUT2D eigenvalue weighted by molar-refractivity contribution is 7.90. The van der Waals surface area contributed by atoms with Crippen LogP contribution in [0.3, 0.4) is 0 Å². The lowest BCUT2D eigenvalue weighted by Crippen LogP contribution is -2.45. The number of carbonyl (C=O) groups excluding carboxylic acids is 2. The van der Waals surface area contributed by atoms with Gasteiger partial charge in [-0.15, -0.1) is 0 Å². The maximum atomic E-state index is 13.2. The van der Waals surface area contributed by atoms with Crippen molar-refractivity contribution < 1.29 is 32.2 Å². The van der Waals surface area contributed by atoms with Crippen molar-refractivity contribution in [2.45, 2.75) is 50.7 Å². The van der Waals surface area contributed by atoms with Gasteiger partial charge in [0.25, 0.3) is 10.0 Å². The van der Waals surface area contributed by atoms with Gasteiger partial charge in [0.05, 0.1) is 17.4 Å². The molecule has 1 atom stereocenters. The number of hydrogen-bond donors (Lipinski definition) is 1. The van der Waals surface area contributed by atoms with Gasteiger partial charge in [-0.3, -0.25) is 0 Å². The molecular formula is C28H30N4O7S. The minimum atomic E-state index is -3.88. The fraction of sp³-hybridized carbons (Fsp3) is 0.286. The molecule has 210 valence electrons. The van der Waals surface area contributed by atoms with E-state index in [0.29, 0.717) is 11.1 Å². The van der Waals surface area contributed by atoms with Crippen LogP contribution < -0.4 is 10.1 Å². The quantitative estimate of drug-likeness (QED) is 0.308. The lowest BCUT2D eigenvalue weighted by Gasteiger charge is -2.22. The van der Waals surface area contributed by atoms with Gasteiger partial charge in [0.15, 0.2) is 5.65 Å². The summed E-state index contributed by atoms with van der Waals surface area (Å²) in [6.07, 6.45) is 2.07. The molecule has 0 bridgehead atoms. The highest BCUT2D eigenvalue weighted by Gasteiger charge is 2.26. The van der Waals surface area contributed by atoms with Gasteiger partial charge in [-0.25, -0.2) is 31.9 Å². The molecule has 40 heavy (non-hydrogen) atoms. The van der Waals surface area contributed by atoms with Crippen LogP contribution in [0.4, 0.5) is 4.79 Å². The van der Waals surface area contributed by atoms with Crippen molar-refractivity contribution in [3.63, 3.8) is 0 Å². The van der Waals surface area contributed by atoms with E-state index >= 15 is 0 Å². The zero-order valence-corrected chi connectivity index (χ0v) is 23.6. The molecule has 4 aromatic rings. The van der Waals surface area contributed by atoms with E-state index in [9.17, 15) is 18.0 Å². The van der Waals surface area contributed by atoms with Gasteiger partial charge in [-0.05, 0) is 63.6 Å². The van der Waals surface area contributed by atoms with E-state index in [1.165, 1.54) is 19.6 Å². The molecule has 4 rings (SSSR count). The van der Waals surface area contributed by atoms with Crippen molar-refractivity contribution in [1.29, 1.82) is 0 Å². The number of hydrogen-bond acceptors (Lipinski definition) is 9. The number of alkyl carbamates (subject to hydrolysis) is 1. The topological polar surface area (TPSA) is 139 Å². The average molecular weight is 567 g/mol. The number of carbonyl (C=O) groups is 2. The largest absolute Gasteiger partial charge is 0.467 e. The van der Waals surface area contributed by atoms with Crippen LogP contribution in [0.2, 0.25) is 0 Å². The van der Waals surface area contributed by atoms with Gasteiger partial charge < -0.3 is 19.5 Å². The molecule has 0 radical (unpaired) electrons. The molecule has 2 aromatic heterocycles. The van der Waals surface area contributed by atoms with Gasteiger partial charge in [0.2, 0.25) is 5.88 Å². The summed E-state index contributed by atoms with van der Waals surface area (Å²) in [6.45, 7) is 7.05. The Bertz CT molecular complexity index is 1620. The zero-order chi connectivity index (χ0) is 29.1. The number of fused-ring (bicyclic) bond motifs is 1. The van der Waals surface area contributed by atoms with Crippen LogP contribution in [-0.2, 0) is 30.7 Å². The number of nitrogens with zero attached hydrogens (tertiary/aromatic N) is 3. The lowest BCUT2D eigenvalue weighted by atomic mass is 10.1. The van der Waals surface area contributed by atoms with E-state index in [4.69, 9.17) is 14.2 Å². The molecule has 0 unspecified atom stereocenters. The van der Waals surface area contributed by atoms with Gasteiger partial charge >= 0.3 is 12.1 Å². The molecule has 12 heteroatoms. The smallest absolute Gasteiger partial charge is 0.408 e. The number of ether oxygens (including phenoxy) is 3. The Morgan fingerprint density at radius 2 is 1.68 bits per heavy atom. The molecule has 11 nitrogen and oxygen atoms in total. The molecule has 0 fully saturated rings. The van der Waals surface area contributed by atoms with Crippen molar-refractivity contribution in [3.05, 3.63) is 78.2 Å². The molecule has 0 saturated heterocycles. The SMILES string of the molecule is COC(=O)[C@H](Cc1ccc(Oc2ncnc3c2ccn3S(=O)(=O)c2ccc(C)cc2)cc1)NC(=O)OC(C)(C)C. The van der Waals surface area contributed by atoms with E-state index < -0.39 is 33.7 Å². The second-order valence-corrected chi connectivity index (χ2v) is 11.8. The minimum absolute atomic E-state index is 0.138. The number of nitrogens with one attached hydrogen (secondary N) is 1. The lowest BCUT2D eigenvalue weighted by molar-refractivity contribution is -0.143. The molecule has 0 aliphatic heterocycles. The van der Waals surface area contributed by atoms with E-state index in [1.807, 2.05) is 6.92 Å². The first-order valence-corrected chi connectivity index (χ1v) is 13.8. The summed E-state index contributed by atoms with van der Waals surface area (Å²) < 4.78 is 43.5. The number of aryl methyl sites for hydroxylation is 1. The predicted octanol–water partition coefficient (Wildman–Crippen LogP) is 4.38. The van der Waals surface area contributed by atoms with E-state index in [-0.39, 0.29) is 22.8 Å². The third-order valence-corrected chi connectivity index (χ3v) is 7.42. The Morgan fingerprint density at radius 1 is 1.00 bits per heavy atom. The normalized spacial score (nSPS) is 12.5. The van der Waals surface area contributed by atoms with Crippen LogP contribution in [0, 0.1) is 6.92 Å². The number of amides is 1. The van der Waals surface area contributed by atoms with Crippen LogP contribution in [0.1, 0.15) is 31.9 Å². The molecule has 0 spiro atoms. The summed E-state index contributed by atoms with van der Waals surface area (Å²) in [7, 11) is -2.64. The Labute approximate surface area is 232 Å². The van der Waals surface area contributed by atoms with Crippen molar-refractivity contribution in [1.82, 2.24) is 19.3 Å². The zero-order valence-electron chi connectivity index (χ0n) is 22.7. The fourth-order valence-corrected chi connectivity index (χ4v) is 5.13. The molecule has 1 N–H and O–H groups in total. The van der Waals surface area contributed by atoms with E-state index in [1.54, 1.807) is 75.4 Å². The summed E-state index contributed by atoms with van der Waals surface area (Å²) in [5.41, 5.74) is 1.13. The molecule has 0 saturated carbocycles. The van der Waals surface area contributed by atoms with Gasteiger partial charge in [-0.2, -0.15) is 0 Å². The number of esters is 1. The van der Waals surface area contributed by atoms with Crippen molar-refractivity contribution in [2.24, 2.45) is 0 Å². The van der Waals surface area contributed by atoms with Gasteiger partial charge in [0.1, 0.15) is 23.7 Å². The summed E-state index contributed by atoms with van der Waals surface area (Å²) in [4.78, 5) is 32.9. The van der Waals surface area contributed by atoms with E-state index in [0.717, 1.165) is 15.1 Å². The first-order valence-electron chi connectivity index (χ1n) is 12.4. The summed E-state index contributed by atoms with van der Waals surface area (Å²) in [6, 6.07) is 14.0. The maximum Gasteiger partial charge on any atom is 0.408 e. The third kappa shape index (κ3) is 6.57. The molecule has 2 aromatic carbocycles. The second-order valence-electron chi connectivity index (χ2n) is 10.0. The molecule has 1 amide bonds. The first kappa shape index (κ1) is 28.6. The second kappa shape index (κ2) is 11.3. The van der Waals surface area contributed by atoms with Crippen molar-refractivity contribution in [2.75, 3.05) is 7.11 Å². The van der Waals surface area contributed by atoms with Crippen molar-refractivity contribution >= 4 is 33.1 Å². The average Bonchev–Trinajstić information content (AvgIpc) is 3.34. The van der Waals surface area contributed by atoms with Crippen LogP contribution in [0.15, 0.2) is 72.0 Å². The third-order valence-electron chi connectivity index (χ3n) is 5.74. The number of aromatic nitrogens is 3. The number of benzene rings is 2.